The van der Waals surface area contributed by atoms with Crippen molar-refractivity contribution >= 4 is 18.4 Å². The number of aliphatic hydroxyl groups is 1. The fraction of sp³-hybridized carbons (Fsp3) is 0.667. The first-order chi connectivity index (χ1) is 5.93. The minimum Gasteiger partial charge on any atom is -0.446 e. The van der Waals surface area contributed by atoms with E-state index in [1.54, 1.807) is 25.8 Å². The third kappa shape index (κ3) is 8.04. The van der Waals surface area contributed by atoms with E-state index in [2.05, 4.69) is 6.58 Å². The summed E-state index contributed by atoms with van der Waals surface area (Å²) in [6.07, 6.45) is -0.423. The van der Waals surface area contributed by atoms with Gasteiger partial charge in [-0.15, -0.1) is 12.4 Å². The van der Waals surface area contributed by atoms with Crippen LogP contribution in [-0.2, 0) is 9.53 Å². The number of carbonyl (C=O) groups is 1. The summed E-state index contributed by atoms with van der Waals surface area (Å²) in [5, 5.41) is 9.00. The Balaban J connectivity index is 0. The third-order valence-corrected chi connectivity index (χ3v) is 1.34. The Morgan fingerprint density at radius 3 is 2.50 bits per heavy atom. The summed E-state index contributed by atoms with van der Waals surface area (Å²) in [7, 11) is 1.76. The maximum Gasteiger partial charge on any atom is 0.334 e. The highest BCUT2D eigenvalue weighted by Gasteiger charge is 2.06. The van der Waals surface area contributed by atoms with Gasteiger partial charge in [0.05, 0.1) is 6.10 Å². The number of esters is 1. The van der Waals surface area contributed by atoms with Crippen LogP contribution < -0.4 is 0 Å². The van der Waals surface area contributed by atoms with E-state index in [-0.39, 0.29) is 19.1 Å². The van der Waals surface area contributed by atoms with Gasteiger partial charge in [-0.25, -0.2) is 4.79 Å². The molecule has 4 nitrogen and oxygen atoms in total. The first-order valence-corrected chi connectivity index (χ1v) is 4.12. The highest BCUT2D eigenvalue weighted by Crippen LogP contribution is 1.94. The normalized spacial score (nSPS) is 11.8. The van der Waals surface area contributed by atoms with Crippen LogP contribution in [-0.4, -0.2) is 42.4 Å². The van der Waals surface area contributed by atoms with Crippen molar-refractivity contribution < 1.29 is 14.6 Å². The molecule has 0 rings (SSSR count). The summed E-state index contributed by atoms with van der Waals surface area (Å²) >= 11 is 0. The molecule has 0 bridgehead atoms. The molecule has 0 aromatic heterocycles. The molecule has 0 radical (unpaired) electrons. The summed E-state index contributed by atoms with van der Waals surface area (Å²) in [6, 6.07) is 0. The van der Waals surface area contributed by atoms with Gasteiger partial charge in [-0.05, 0) is 20.9 Å². The zero-order chi connectivity index (χ0) is 10.4. The van der Waals surface area contributed by atoms with Crippen LogP contribution in [0.1, 0.15) is 13.8 Å². The molecule has 0 aromatic rings. The Labute approximate surface area is 91.0 Å². The van der Waals surface area contributed by atoms with Crippen molar-refractivity contribution in [2.45, 2.75) is 20.0 Å². The van der Waals surface area contributed by atoms with E-state index in [1.165, 1.54) is 0 Å². The van der Waals surface area contributed by atoms with Gasteiger partial charge in [0.25, 0.3) is 0 Å². The van der Waals surface area contributed by atoms with Gasteiger partial charge in [0, 0.05) is 12.1 Å². The third-order valence-electron chi connectivity index (χ3n) is 1.34. The highest BCUT2D eigenvalue weighted by molar-refractivity contribution is 5.86. The van der Waals surface area contributed by atoms with E-state index in [0.717, 1.165) is 0 Å². The van der Waals surface area contributed by atoms with Gasteiger partial charge in [0.2, 0.25) is 0 Å². The number of likely N-dealkylation sites (N-methyl/N-ethyl adjacent to an activating group) is 1. The van der Waals surface area contributed by atoms with Crippen molar-refractivity contribution in [1.29, 1.82) is 0 Å². The van der Waals surface area contributed by atoms with Crippen LogP contribution in [0.2, 0.25) is 0 Å². The lowest BCUT2D eigenvalue weighted by atomic mass is 10.4. The predicted molar refractivity (Wildman–Crippen MR) is 57.3 cm³/mol. The Kier molecular flexibility index (Phi) is 8.83. The van der Waals surface area contributed by atoms with E-state index in [9.17, 15) is 4.79 Å². The predicted octanol–water partition coefficient (Wildman–Crippen LogP) is 0.798. The fourth-order valence-electron chi connectivity index (χ4n) is 0.796. The number of aliphatic hydroxyl groups excluding tert-OH is 1. The van der Waals surface area contributed by atoms with Gasteiger partial charge in [0.15, 0.2) is 0 Å². The summed E-state index contributed by atoms with van der Waals surface area (Å²) < 4.78 is 4.84. The topological polar surface area (TPSA) is 49.8 Å². The number of halogens is 1. The molecule has 0 spiro atoms. The average molecular weight is 224 g/mol. The molecule has 1 N–H and O–H groups in total. The summed E-state index contributed by atoms with van der Waals surface area (Å²) in [4.78, 5) is 12.6. The molecule has 84 valence electrons. The van der Waals surface area contributed by atoms with E-state index < -0.39 is 12.1 Å². The molecule has 0 saturated carbocycles. The summed E-state index contributed by atoms with van der Waals surface area (Å²) in [5.74, 6) is -0.405. The smallest absolute Gasteiger partial charge is 0.334 e. The van der Waals surface area contributed by atoms with Crippen LogP contribution >= 0.6 is 12.4 Å². The molecule has 1 unspecified atom stereocenters. The zero-order valence-electron chi connectivity index (χ0n) is 8.82. The molecule has 0 fully saturated rings. The highest BCUT2D eigenvalue weighted by atomic mass is 35.5. The Hall–Kier alpha value is -0.580. The number of carbonyl (C=O) groups excluding carboxylic acids is 1. The lowest BCUT2D eigenvalue weighted by Gasteiger charge is -2.17. The standard InChI is InChI=1S/C9H17NO3.ClH/c1-7(2)9(12)13-6-10(4)5-8(3)11;/h8,11H,1,5-6H2,2-4H3;1H. The summed E-state index contributed by atoms with van der Waals surface area (Å²) in [5.41, 5.74) is 0.380. The SMILES string of the molecule is C=C(C)C(=O)OCN(C)CC(C)O.Cl. The largest absolute Gasteiger partial charge is 0.446 e. The van der Waals surface area contributed by atoms with Crippen molar-refractivity contribution in [1.82, 2.24) is 4.90 Å². The lowest BCUT2D eigenvalue weighted by molar-refractivity contribution is -0.143. The first-order valence-electron chi connectivity index (χ1n) is 4.12. The van der Waals surface area contributed by atoms with E-state index in [1.807, 2.05) is 0 Å². The average Bonchev–Trinajstić information content (AvgIpc) is 1.98. The number of nitrogens with zero attached hydrogens (tertiary/aromatic N) is 1. The van der Waals surface area contributed by atoms with Gasteiger partial charge in [-0.1, -0.05) is 6.58 Å². The number of rotatable bonds is 5. The maximum absolute atomic E-state index is 10.9. The molecule has 14 heavy (non-hydrogen) atoms. The number of hydrogen-bond acceptors (Lipinski definition) is 4. The van der Waals surface area contributed by atoms with Crippen molar-refractivity contribution in [3.8, 4) is 0 Å². The number of hydrogen-bond donors (Lipinski definition) is 1. The minimum absolute atomic E-state index is 0. The van der Waals surface area contributed by atoms with E-state index >= 15 is 0 Å². The van der Waals surface area contributed by atoms with Gasteiger partial charge >= 0.3 is 5.97 Å². The maximum atomic E-state index is 10.9. The second-order valence-electron chi connectivity index (χ2n) is 3.23. The molecule has 0 aromatic carbocycles. The Bertz CT molecular complexity index is 194. The molecule has 0 aliphatic carbocycles. The number of ether oxygens (including phenoxy) is 1. The summed E-state index contributed by atoms with van der Waals surface area (Å²) in [6.45, 7) is 7.38. The van der Waals surface area contributed by atoms with E-state index in [4.69, 9.17) is 9.84 Å². The van der Waals surface area contributed by atoms with Gasteiger partial charge < -0.3 is 9.84 Å². The fourth-order valence-corrected chi connectivity index (χ4v) is 0.796. The second-order valence-corrected chi connectivity index (χ2v) is 3.23. The van der Waals surface area contributed by atoms with Crippen LogP contribution in [0.4, 0.5) is 0 Å². The molecular formula is C9H18ClNO3. The molecule has 0 aliphatic rings. The monoisotopic (exact) mass is 223 g/mol. The Morgan fingerprint density at radius 2 is 2.14 bits per heavy atom. The molecule has 0 saturated heterocycles. The van der Waals surface area contributed by atoms with E-state index in [0.29, 0.717) is 12.1 Å². The van der Waals surface area contributed by atoms with Gasteiger partial charge in [0.1, 0.15) is 6.73 Å². The van der Waals surface area contributed by atoms with Crippen molar-refractivity contribution in [2.24, 2.45) is 0 Å². The molecular weight excluding hydrogens is 206 g/mol. The van der Waals surface area contributed by atoms with Crippen molar-refractivity contribution in [3.63, 3.8) is 0 Å². The molecule has 0 aliphatic heterocycles. The second kappa shape index (κ2) is 7.79. The molecule has 5 heteroatoms. The van der Waals surface area contributed by atoms with Crippen LogP contribution in [0.5, 0.6) is 0 Å². The van der Waals surface area contributed by atoms with Crippen molar-refractivity contribution in [2.75, 3.05) is 20.3 Å². The minimum atomic E-state index is -0.423. The van der Waals surface area contributed by atoms with Crippen LogP contribution in [0, 0.1) is 0 Å². The van der Waals surface area contributed by atoms with Gasteiger partial charge in [-0.2, -0.15) is 0 Å². The molecule has 0 heterocycles. The molecule has 0 amide bonds. The van der Waals surface area contributed by atoms with Crippen LogP contribution in [0.15, 0.2) is 12.2 Å². The van der Waals surface area contributed by atoms with Crippen LogP contribution in [0.25, 0.3) is 0 Å². The lowest BCUT2D eigenvalue weighted by Crippen LogP contribution is -2.30. The van der Waals surface area contributed by atoms with Crippen molar-refractivity contribution in [3.05, 3.63) is 12.2 Å². The van der Waals surface area contributed by atoms with Gasteiger partial charge in [-0.3, -0.25) is 4.90 Å². The zero-order valence-corrected chi connectivity index (χ0v) is 9.63. The quantitative estimate of drug-likeness (QED) is 0.426. The molecule has 1 atom stereocenters. The first kappa shape index (κ1) is 15.9. The van der Waals surface area contributed by atoms with Crippen LogP contribution in [0.3, 0.4) is 0 Å². The Morgan fingerprint density at radius 1 is 1.64 bits per heavy atom.